The van der Waals surface area contributed by atoms with E-state index in [4.69, 9.17) is 9.47 Å². The number of carbonyl (C=O) groups is 1. The van der Waals surface area contributed by atoms with Gasteiger partial charge in [0.25, 0.3) is 0 Å². The van der Waals surface area contributed by atoms with Crippen LogP contribution in [0.2, 0.25) is 0 Å². The van der Waals surface area contributed by atoms with E-state index < -0.39 is 5.60 Å². The maximum absolute atomic E-state index is 11.7. The summed E-state index contributed by atoms with van der Waals surface area (Å²) >= 11 is 0. The summed E-state index contributed by atoms with van der Waals surface area (Å²) in [6, 6.07) is 0.461. The summed E-state index contributed by atoms with van der Waals surface area (Å²) in [4.78, 5) is 11.7. The molecule has 5 nitrogen and oxygen atoms in total. The maximum atomic E-state index is 11.7. The number of methoxy groups -OCH3 is 1. The first-order valence-electron chi connectivity index (χ1n) is 7.95. The van der Waals surface area contributed by atoms with Crippen molar-refractivity contribution in [3.8, 4) is 0 Å². The number of unbranched alkanes of at least 4 members (excludes halogenated alkanes) is 1. The van der Waals surface area contributed by atoms with Crippen LogP contribution in [0.3, 0.4) is 0 Å². The van der Waals surface area contributed by atoms with E-state index >= 15 is 0 Å². The lowest BCUT2D eigenvalue weighted by Gasteiger charge is -2.27. The molecule has 0 aliphatic rings. The highest BCUT2D eigenvalue weighted by atomic mass is 16.6. The van der Waals surface area contributed by atoms with Gasteiger partial charge in [0, 0.05) is 25.7 Å². The number of rotatable bonds is 9. The molecule has 0 saturated carbocycles. The highest BCUT2D eigenvalue weighted by Gasteiger charge is 2.19. The Bertz CT molecular complexity index is 290. The first-order valence-corrected chi connectivity index (χ1v) is 7.95. The van der Waals surface area contributed by atoms with E-state index in [1.807, 2.05) is 27.7 Å². The number of carbonyl (C=O) groups excluding carboxylic acids is 1. The Hall–Kier alpha value is -0.810. The maximum Gasteiger partial charge on any atom is 0.407 e. The topological polar surface area (TPSA) is 59.6 Å². The van der Waals surface area contributed by atoms with Gasteiger partial charge in [-0.3, -0.25) is 0 Å². The van der Waals surface area contributed by atoms with Gasteiger partial charge in [0.2, 0.25) is 0 Å². The molecule has 2 N–H and O–H groups in total. The molecule has 0 heterocycles. The summed E-state index contributed by atoms with van der Waals surface area (Å²) < 4.78 is 10.6. The minimum Gasteiger partial charge on any atom is -0.444 e. The van der Waals surface area contributed by atoms with E-state index in [0.717, 1.165) is 19.3 Å². The van der Waals surface area contributed by atoms with Gasteiger partial charge in [-0.1, -0.05) is 19.8 Å². The molecule has 0 aliphatic heterocycles. The second-order valence-corrected chi connectivity index (χ2v) is 6.62. The average Bonchev–Trinajstić information content (AvgIpc) is 2.38. The molecule has 126 valence electrons. The molecule has 0 rings (SSSR count). The molecule has 0 aromatic heterocycles. The van der Waals surface area contributed by atoms with E-state index in [1.54, 1.807) is 7.11 Å². The van der Waals surface area contributed by atoms with Crippen LogP contribution in [0.4, 0.5) is 4.79 Å². The van der Waals surface area contributed by atoms with E-state index in [-0.39, 0.29) is 24.3 Å². The van der Waals surface area contributed by atoms with Crippen molar-refractivity contribution in [1.82, 2.24) is 10.6 Å². The van der Waals surface area contributed by atoms with Crippen LogP contribution in [0.5, 0.6) is 0 Å². The Balaban J connectivity index is 4.32. The quantitative estimate of drug-likeness (QED) is 0.687. The van der Waals surface area contributed by atoms with Crippen LogP contribution in [0, 0.1) is 0 Å². The van der Waals surface area contributed by atoms with Gasteiger partial charge in [-0.05, 0) is 41.0 Å². The van der Waals surface area contributed by atoms with Crippen LogP contribution in [0.1, 0.15) is 60.8 Å². The Morgan fingerprint density at radius 3 is 2.33 bits per heavy atom. The van der Waals surface area contributed by atoms with Gasteiger partial charge in [0.15, 0.2) is 0 Å². The zero-order chi connectivity index (χ0) is 16.5. The number of alkyl carbamates (subject to hydrolysis) is 1. The van der Waals surface area contributed by atoms with Crippen molar-refractivity contribution in [3.05, 3.63) is 0 Å². The molecular weight excluding hydrogens is 268 g/mol. The number of hydrogen-bond acceptors (Lipinski definition) is 4. The second kappa shape index (κ2) is 10.0. The molecule has 1 amide bonds. The Morgan fingerprint density at radius 1 is 1.24 bits per heavy atom. The summed E-state index contributed by atoms with van der Waals surface area (Å²) in [5.74, 6) is 0. The third kappa shape index (κ3) is 10.5. The number of ether oxygens (including phenoxy) is 2. The molecule has 3 unspecified atom stereocenters. The number of nitrogens with one attached hydrogen (secondary N) is 2. The first-order chi connectivity index (χ1) is 9.69. The molecule has 0 bridgehead atoms. The van der Waals surface area contributed by atoms with Crippen LogP contribution in [-0.4, -0.2) is 43.5 Å². The predicted molar refractivity (Wildman–Crippen MR) is 86.6 cm³/mol. The van der Waals surface area contributed by atoms with Crippen molar-refractivity contribution in [2.24, 2.45) is 0 Å². The molecule has 5 heteroatoms. The van der Waals surface area contributed by atoms with Crippen molar-refractivity contribution in [1.29, 1.82) is 0 Å². The monoisotopic (exact) mass is 302 g/mol. The fourth-order valence-corrected chi connectivity index (χ4v) is 1.93. The summed E-state index contributed by atoms with van der Waals surface area (Å²) in [6.07, 6.45) is 3.06. The van der Waals surface area contributed by atoms with Crippen LogP contribution in [-0.2, 0) is 9.47 Å². The molecule has 0 radical (unpaired) electrons. The minimum atomic E-state index is -0.464. The lowest BCUT2D eigenvalue weighted by Crippen LogP contribution is -2.48. The van der Waals surface area contributed by atoms with E-state index in [9.17, 15) is 4.79 Å². The standard InChI is InChI=1S/C16H34N2O3/c1-8-9-10-14(18-12(2)13(3)20-7)11-17-15(19)21-16(4,5)6/h12-14,18H,8-11H2,1-7H3,(H,17,19). The highest BCUT2D eigenvalue weighted by molar-refractivity contribution is 5.67. The van der Waals surface area contributed by atoms with Crippen molar-refractivity contribution in [2.45, 2.75) is 84.6 Å². The zero-order valence-corrected chi connectivity index (χ0v) is 14.8. The normalized spacial score (nSPS) is 16.1. The van der Waals surface area contributed by atoms with Gasteiger partial charge in [0.05, 0.1) is 6.10 Å². The number of hydrogen-bond donors (Lipinski definition) is 2. The largest absolute Gasteiger partial charge is 0.444 e. The van der Waals surface area contributed by atoms with E-state index in [1.165, 1.54) is 0 Å². The first kappa shape index (κ1) is 20.2. The van der Waals surface area contributed by atoms with Crippen LogP contribution in [0.15, 0.2) is 0 Å². The zero-order valence-electron chi connectivity index (χ0n) is 14.8. The molecule has 3 atom stereocenters. The number of amides is 1. The van der Waals surface area contributed by atoms with Gasteiger partial charge in [-0.25, -0.2) is 4.79 Å². The lowest BCUT2D eigenvalue weighted by molar-refractivity contribution is 0.0514. The highest BCUT2D eigenvalue weighted by Crippen LogP contribution is 2.07. The molecule has 0 aromatic rings. The third-order valence-electron chi connectivity index (χ3n) is 3.37. The average molecular weight is 302 g/mol. The Kier molecular flexibility index (Phi) is 9.62. The van der Waals surface area contributed by atoms with Gasteiger partial charge in [0.1, 0.15) is 5.60 Å². The van der Waals surface area contributed by atoms with Crippen molar-refractivity contribution < 1.29 is 14.3 Å². The van der Waals surface area contributed by atoms with Crippen LogP contribution in [0.25, 0.3) is 0 Å². The van der Waals surface area contributed by atoms with Crippen LogP contribution >= 0.6 is 0 Å². The van der Waals surface area contributed by atoms with Crippen molar-refractivity contribution >= 4 is 6.09 Å². The predicted octanol–water partition coefficient (Wildman–Crippen LogP) is 3.08. The van der Waals surface area contributed by atoms with E-state index in [2.05, 4.69) is 24.5 Å². The molecule has 21 heavy (non-hydrogen) atoms. The lowest BCUT2D eigenvalue weighted by atomic mass is 10.1. The van der Waals surface area contributed by atoms with Crippen LogP contribution < -0.4 is 10.6 Å². The second-order valence-electron chi connectivity index (χ2n) is 6.62. The molecule has 0 aromatic carbocycles. The molecular formula is C16H34N2O3. The summed E-state index contributed by atoms with van der Waals surface area (Å²) in [7, 11) is 1.71. The molecule has 0 fully saturated rings. The molecule has 0 aliphatic carbocycles. The van der Waals surface area contributed by atoms with Crippen molar-refractivity contribution in [3.63, 3.8) is 0 Å². The SMILES string of the molecule is CCCCC(CNC(=O)OC(C)(C)C)NC(C)C(C)OC. The van der Waals surface area contributed by atoms with Gasteiger partial charge in [-0.2, -0.15) is 0 Å². The summed E-state index contributed by atoms with van der Waals surface area (Å²) in [5.41, 5.74) is -0.464. The van der Waals surface area contributed by atoms with Gasteiger partial charge >= 0.3 is 6.09 Å². The fourth-order valence-electron chi connectivity index (χ4n) is 1.93. The molecule has 0 spiro atoms. The Morgan fingerprint density at radius 2 is 1.86 bits per heavy atom. The summed E-state index contributed by atoms with van der Waals surface area (Å²) in [6.45, 7) is 12.5. The minimum absolute atomic E-state index is 0.135. The molecule has 0 saturated heterocycles. The van der Waals surface area contributed by atoms with Gasteiger partial charge in [-0.15, -0.1) is 0 Å². The van der Waals surface area contributed by atoms with E-state index in [0.29, 0.717) is 6.54 Å². The fraction of sp³-hybridized carbons (Fsp3) is 0.938. The Labute approximate surface area is 130 Å². The summed E-state index contributed by atoms with van der Waals surface area (Å²) in [5, 5.41) is 6.37. The van der Waals surface area contributed by atoms with Gasteiger partial charge < -0.3 is 20.1 Å². The van der Waals surface area contributed by atoms with Crippen molar-refractivity contribution in [2.75, 3.05) is 13.7 Å². The smallest absolute Gasteiger partial charge is 0.407 e. The third-order valence-corrected chi connectivity index (χ3v) is 3.37.